The first kappa shape index (κ1) is 14.7. The predicted molar refractivity (Wildman–Crippen MR) is 73.3 cm³/mol. The van der Waals surface area contributed by atoms with Gasteiger partial charge in [-0.1, -0.05) is 42.8 Å². The minimum Gasteiger partial charge on any atom is -0.211 e. The summed E-state index contributed by atoms with van der Waals surface area (Å²) in [5.74, 6) is 0.775. The summed E-state index contributed by atoms with van der Waals surface area (Å²) in [5, 5.41) is 0. The van der Waals surface area contributed by atoms with E-state index < -0.39 is 10.0 Å². The Balaban J connectivity index is 2.76. The summed E-state index contributed by atoms with van der Waals surface area (Å²) in [7, 11) is -3.39. The summed E-state index contributed by atoms with van der Waals surface area (Å²) >= 11 is 3.27. The lowest BCUT2D eigenvalue weighted by atomic mass is 9.99. The molecule has 3 nitrogen and oxygen atoms in total. The Labute approximate surface area is 112 Å². The van der Waals surface area contributed by atoms with Crippen LogP contribution in [0.2, 0.25) is 0 Å². The largest absolute Gasteiger partial charge is 0.240 e. The molecule has 1 atom stereocenters. The molecule has 0 saturated heterocycles. The number of halogens is 1. The molecule has 0 radical (unpaired) electrons. The van der Waals surface area contributed by atoms with Gasteiger partial charge in [0.2, 0.25) is 10.0 Å². The maximum Gasteiger partial charge on any atom is 0.240 e. The quantitative estimate of drug-likeness (QED) is 0.906. The van der Waals surface area contributed by atoms with Gasteiger partial charge in [-0.25, -0.2) is 13.1 Å². The van der Waals surface area contributed by atoms with E-state index in [2.05, 4.69) is 34.5 Å². The van der Waals surface area contributed by atoms with Gasteiger partial charge in [-0.05, 0) is 30.0 Å². The van der Waals surface area contributed by atoms with Gasteiger partial charge in [0.25, 0.3) is 0 Å². The highest BCUT2D eigenvalue weighted by molar-refractivity contribution is 9.10. The average Bonchev–Trinajstić information content (AvgIpc) is 2.26. The molecule has 0 saturated carbocycles. The predicted octanol–water partition coefficient (Wildman–Crippen LogP) is 3.02. The van der Waals surface area contributed by atoms with E-state index in [1.54, 1.807) is 24.3 Å². The van der Waals surface area contributed by atoms with Crippen LogP contribution >= 0.6 is 15.9 Å². The maximum atomic E-state index is 12.0. The molecule has 5 heteroatoms. The molecule has 0 aliphatic heterocycles. The fraction of sp³-hybridized carbons (Fsp3) is 0.500. The molecule has 17 heavy (non-hydrogen) atoms. The molecule has 0 amide bonds. The SMILES string of the molecule is CC(C)C(C)CNS(=O)(=O)c1cccc(Br)c1. The summed E-state index contributed by atoms with van der Waals surface area (Å²) in [6.07, 6.45) is 0. The van der Waals surface area contributed by atoms with Crippen LogP contribution in [0, 0.1) is 11.8 Å². The molecule has 0 aliphatic carbocycles. The molecule has 0 fully saturated rings. The van der Waals surface area contributed by atoms with Gasteiger partial charge in [-0.2, -0.15) is 0 Å². The molecule has 0 bridgehead atoms. The lowest BCUT2D eigenvalue weighted by molar-refractivity contribution is 0.414. The van der Waals surface area contributed by atoms with E-state index in [-0.39, 0.29) is 0 Å². The standard InChI is InChI=1S/C12H18BrNO2S/c1-9(2)10(3)8-14-17(15,16)12-6-4-5-11(13)7-12/h4-7,9-10,14H,8H2,1-3H3. The number of rotatable bonds is 5. The smallest absolute Gasteiger partial charge is 0.211 e. The van der Waals surface area contributed by atoms with Gasteiger partial charge < -0.3 is 0 Å². The van der Waals surface area contributed by atoms with Gasteiger partial charge in [0.1, 0.15) is 0 Å². The van der Waals surface area contributed by atoms with Crippen LogP contribution < -0.4 is 4.72 Å². The Morgan fingerprint density at radius 1 is 1.29 bits per heavy atom. The van der Waals surface area contributed by atoms with Crippen molar-refractivity contribution in [1.82, 2.24) is 4.72 Å². The molecule has 96 valence electrons. The zero-order valence-corrected chi connectivity index (χ0v) is 12.7. The first-order valence-corrected chi connectivity index (χ1v) is 7.86. The minimum atomic E-state index is -3.39. The van der Waals surface area contributed by atoms with E-state index >= 15 is 0 Å². The summed E-state index contributed by atoms with van der Waals surface area (Å²) < 4.78 is 27.4. The third-order valence-electron chi connectivity index (χ3n) is 2.84. The number of benzene rings is 1. The second kappa shape index (κ2) is 5.98. The van der Waals surface area contributed by atoms with Crippen LogP contribution in [0.1, 0.15) is 20.8 Å². The van der Waals surface area contributed by atoms with Crippen molar-refractivity contribution in [1.29, 1.82) is 0 Å². The second-order valence-electron chi connectivity index (χ2n) is 4.53. The van der Waals surface area contributed by atoms with E-state index in [4.69, 9.17) is 0 Å². The molecule has 0 spiro atoms. The molecule has 1 aromatic rings. The first-order valence-electron chi connectivity index (χ1n) is 5.58. The van der Waals surface area contributed by atoms with Crippen LogP contribution in [0.3, 0.4) is 0 Å². The van der Waals surface area contributed by atoms with Crippen molar-refractivity contribution in [2.75, 3.05) is 6.54 Å². The second-order valence-corrected chi connectivity index (χ2v) is 7.21. The summed E-state index contributed by atoms with van der Waals surface area (Å²) in [6.45, 7) is 6.66. The molecule has 0 aliphatic rings. The van der Waals surface area contributed by atoms with Crippen LogP contribution in [-0.2, 0) is 10.0 Å². The van der Waals surface area contributed by atoms with Crippen molar-refractivity contribution in [3.63, 3.8) is 0 Å². The van der Waals surface area contributed by atoms with E-state index in [0.717, 1.165) is 4.47 Å². The topological polar surface area (TPSA) is 46.2 Å². The highest BCUT2D eigenvalue weighted by Gasteiger charge is 2.16. The Morgan fingerprint density at radius 2 is 1.94 bits per heavy atom. The van der Waals surface area contributed by atoms with Crippen molar-refractivity contribution in [2.45, 2.75) is 25.7 Å². The molecule has 1 rings (SSSR count). The number of nitrogens with one attached hydrogen (secondary N) is 1. The summed E-state index contributed by atoms with van der Waals surface area (Å²) in [6, 6.07) is 6.70. The average molecular weight is 320 g/mol. The molecular weight excluding hydrogens is 302 g/mol. The van der Waals surface area contributed by atoms with E-state index in [1.165, 1.54) is 0 Å². The van der Waals surface area contributed by atoms with Gasteiger partial charge in [0, 0.05) is 11.0 Å². The van der Waals surface area contributed by atoms with Crippen LogP contribution in [0.25, 0.3) is 0 Å². The maximum absolute atomic E-state index is 12.0. The Bertz CT molecular complexity index is 471. The van der Waals surface area contributed by atoms with Gasteiger partial charge in [0.15, 0.2) is 0 Å². The Morgan fingerprint density at radius 3 is 2.47 bits per heavy atom. The molecule has 0 aromatic heterocycles. The van der Waals surface area contributed by atoms with Gasteiger partial charge in [-0.15, -0.1) is 0 Å². The third kappa shape index (κ3) is 4.41. The third-order valence-corrected chi connectivity index (χ3v) is 4.75. The van der Waals surface area contributed by atoms with Crippen LogP contribution in [-0.4, -0.2) is 15.0 Å². The zero-order valence-electron chi connectivity index (χ0n) is 10.3. The highest BCUT2D eigenvalue weighted by Crippen LogP contribution is 2.16. The van der Waals surface area contributed by atoms with E-state index in [9.17, 15) is 8.42 Å². The highest BCUT2D eigenvalue weighted by atomic mass is 79.9. The number of hydrogen-bond acceptors (Lipinski definition) is 2. The summed E-state index contributed by atoms with van der Waals surface area (Å²) in [5.41, 5.74) is 0. The van der Waals surface area contributed by atoms with Crippen LogP contribution in [0.4, 0.5) is 0 Å². The van der Waals surface area contributed by atoms with Gasteiger partial charge in [-0.3, -0.25) is 0 Å². The lowest BCUT2D eigenvalue weighted by Crippen LogP contribution is -2.30. The molecule has 1 N–H and O–H groups in total. The Kier molecular flexibility index (Phi) is 5.16. The molecule has 1 aromatic carbocycles. The van der Waals surface area contributed by atoms with E-state index in [1.807, 2.05) is 6.92 Å². The fourth-order valence-electron chi connectivity index (χ4n) is 1.19. The fourth-order valence-corrected chi connectivity index (χ4v) is 2.93. The van der Waals surface area contributed by atoms with Crippen molar-refractivity contribution in [3.8, 4) is 0 Å². The Hall–Kier alpha value is -0.390. The number of sulfonamides is 1. The molecular formula is C12H18BrNO2S. The van der Waals surface area contributed by atoms with Crippen LogP contribution in [0.5, 0.6) is 0 Å². The minimum absolute atomic E-state index is 0.294. The monoisotopic (exact) mass is 319 g/mol. The van der Waals surface area contributed by atoms with Gasteiger partial charge >= 0.3 is 0 Å². The summed E-state index contributed by atoms with van der Waals surface area (Å²) in [4.78, 5) is 0.294. The number of hydrogen-bond donors (Lipinski definition) is 1. The zero-order chi connectivity index (χ0) is 13.1. The molecule has 0 heterocycles. The van der Waals surface area contributed by atoms with Crippen molar-refractivity contribution in [2.24, 2.45) is 11.8 Å². The van der Waals surface area contributed by atoms with Gasteiger partial charge in [0.05, 0.1) is 4.90 Å². The normalized spacial score (nSPS) is 13.9. The first-order chi connectivity index (χ1) is 7.83. The molecule has 1 unspecified atom stereocenters. The van der Waals surface area contributed by atoms with Crippen molar-refractivity contribution < 1.29 is 8.42 Å². The lowest BCUT2D eigenvalue weighted by Gasteiger charge is -2.16. The van der Waals surface area contributed by atoms with Crippen LogP contribution in [0.15, 0.2) is 33.6 Å². The van der Waals surface area contributed by atoms with Crippen molar-refractivity contribution >= 4 is 26.0 Å². The van der Waals surface area contributed by atoms with E-state index in [0.29, 0.717) is 23.3 Å². The van der Waals surface area contributed by atoms with Crippen molar-refractivity contribution in [3.05, 3.63) is 28.7 Å².